The van der Waals surface area contributed by atoms with Gasteiger partial charge in [0, 0.05) is 42.2 Å². The predicted octanol–water partition coefficient (Wildman–Crippen LogP) is 4.82. The fourth-order valence-corrected chi connectivity index (χ4v) is 4.18. The number of guanidine groups is 1. The maximum absolute atomic E-state index is 15.3. The number of likely N-dealkylation sites (N-methyl/N-ethyl adjacent to an activating group) is 1. The van der Waals surface area contributed by atoms with Crippen molar-refractivity contribution in [3.8, 4) is 33.8 Å². The summed E-state index contributed by atoms with van der Waals surface area (Å²) in [5.74, 6) is -4.52. The van der Waals surface area contributed by atoms with E-state index < -0.39 is 35.5 Å². The van der Waals surface area contributed by atoms with Crippen molar-refractivity contribution in [2.75, 3.05) is 7.05 Å². The normalized spacial score (nSPS) is 13.8. The molecule has 1 amide bonds. The van der Waals surface area contributed by atoms with E-state index in [9.17, 15) is 13.6 Å². The summed E-state index contributed by atoms with van der Waals surface area (Å²) in [6.07, 6.45) is 2.56. The van der Waals surface area contributed by atoms with Crippen LogP contribution in [0.25, 0.3) is 22.3 Å². The predicted molar refractivity (Wildman–Crippen MR) is 126 cm³/mol. The first-order valence-corrected chi connectivity index (χ1v) is 10.7. The lowest BCUT2D eigenvalue weighted by molar-refractivity contribution is -0.127. The fraction of sp³-hybridized carbons (Fsp3) is 0.0769. The molecule has 1 aliphatic rings. The number of nitrogens with two attached hydrogens (primary N) is 1. The van der Waals surface area contributed by atoms with E-state index in [1.54, 1.807) is 18.2 Å². The molecule has 0 saturated carbocycles. The van der Waals surface area contributed by atoms with Gasteiger partial charge in [-0.15, -0.1) is 0 Å². The van der Waals surface area contributed by atoms with Gasteiger partial charge in [-0.25, -0.2) is 14.4 Å². The van der Waals surface area contributed by atoms with Gasteiger partial charge in [-0.2, -0.15) is 8.78 Å². The van der Waals surface area contributed by atoms with Crippen LogP contribution in [0.4, 0.5) is 13.2 Å². The molecule has 36 heavy (non-hydrogen) atoms. The first-order chi connectivity index (χ1) is 17.2. The number of nitrogens with zero attached hydrogens (tertiary/aromatic N) is 3. The van der Waals surface area contributed by atoms with Crippen molar-refractivity contribution in [2.45, 2.75) is 5.92 Å². The standard InChI is InChI=1S/C26H18F3N5O2/c1-34(26(30)31)25(35)22-17-9-14(16-3-2-7-33-24(16)29)4-5-20(17)36-23-18(22)10-15(11-19(23)27)13-6-8-32-21(28)12-13/h2-12,22H,1H3,(H3,30,31). The smallest absolute Gasteiger partial charge is 0.241 e. The molecule has 0 fully saturated rings. The van der Waals surface area contributed by atoms with Crippen LogP contribution in [0.1, 0.15) is 17.0 Å². The average Bonchev–Trinajstić information content (AvgIpc) is 2.86. The second kappa shape index (κ2) is 8.81. The molecular weight excluding hydrogens is 471 g/mol. The third-order valence-corrected chi connectivity index (χ3v) is 5.99. The van der Waals surface area contributed by atoms with Crippen molar-refractivity contribution in [3.05, 3.63) is 95.8 Å². The number of halogens is 3. The number of ether oxygens (including phenoxy) is 1. The molecule has 4 aromatic rings. The van der Waals surface area contributed by atoms with E-state index in [0.29, 0.717) is 16.7 Å². The Kier molecular flexibility index (Phi) is 5.63. The maximum Gasteiger partial charge on any atom is 0.241 e. The summed E-state index contributed by atoms with van der Waals surface area (Å²) in [7, 11) is 1.32. The molecule has 1 aliphatic heterocycles. The van der Waals surface area contributed by atoms with E-state index >= 15 is 4.39 Å². The van der Waals surface area contributed by atoms with Gasteiger partial charge in [-0.1, -0.05) is 6.07 Å². The van der Waals surface area contributed by atoms with Crippen molar-refractivity contribution in [1.29, 1.82) is 5.41 Å². The number of carbonyl (C=O) groups excluding carboxylic acids is 1. The zero-order valence-corrected chi connectivity index (χ0v) is 18.8. The molecule has 0 spiro atoms. The molecule has 0 radical (unpaired) electrons. The summed E-state index contributed by atoms with van der Waals surface area (Å²) in [5, 5.41) is 7.74. The third kappa shape index (κ3) is 3.92. The van der Waals surface area contributed by atoms with Gasteiger partial charge < -0.3 is 10.5 Å². The first-order valence-electron chi connectivity index (χ1n) is 10.7. The first kappa shape index (κ1) is 23.0. The van der Waals surface area contributed by atoms with Gasteiger partial charge >= 0.3 is 0 Å². The molecule has 5 rings (SSSR count). The molecule has 2 aromatic carbocycles. The van der Waals surface area contributed by atoms with Gasteiger partial charge in [0.2, 0.25) is 17.8 Å². The minimum absolute atomic E-state index is 0.150. The molecular formula is C26H18F3N5O2. The Balaban J connectivity index is 1.73. The van der Waals surface area contributed by atoms with Gasteiger partial charge in [-0.05, 0) is 59.2 Å². The Bertz CT molecular complexity index is 1540. The molecule has 0 aliphatic carbocycles. The maximum atomic E-state index is 15.3. The average molecular weight is 489 g/mol. The number of benzene rings is 2. The highest BCUT2D eigenvalue weighted by molar-refractivity contribution is 6.01. The molecule has 7 nitrogen and oxygen atoms in total. The number of pyridine rings is 2. The lowest BCUT2D eigenvalue weighted by Crippen LogP contribution is -2.41. The van der Waals surface area contributed by atoms with Gasteiger partial charge in [-0.3, -0.25) is 15.1 Å². The molecule has 3 heterocycles. The molecule has 10 heteroatoms. The Morgan fingerprint density at radius 1 is 0.972 bits per heavy atom. The van der Waals surface area contributed by atoms with Crippen LogP contribution in [0, 0.1) is 23.1 Å². The highest BCUT2D eigenvalue weighted by Gasteiger charge is 2.37. The van der Waals surface area contributed by atoms with Crippen molar-refractivity contribution in [1.82, 2.24) is 14.9 Å². The largest absolute Gasteiger partial charge is 0.454 e. The molecule has 0 bridgehead atoms. The fourth-order valence-electron chi connectivity index (χ4n) is 4.18. The van der Waals surface area contributed by atoms with Crippen LogP contribution < -0.4 is 10.5 Å². The molecule has 180 valence electrons. The van der Waals surface area contributed by atoms with Gasteiger partial charge in [0.25, 0.3) is 0 Å². The van der Waals surface area contributed by atoms with E-state index in [4.69, 9.17) is 15.9 Å². The number of rotatable bonds is 3. The number of hydrogen-bond acceptors (Lipinski definition) is 5. The van der Waals surface area contributed by atoms with Crippen LogP contribution in [-0.2, 0) is 4.79 Å². The summed E-state index contributed by atoms with van der Waals surface area (Å²) in [6, 6.07) is 13.1. The summed E-state index contributed by atoms with van der Waals surface area (Å²) in [6.45, 7) is 0. The lowest BCUT2D eigenvalue weighted by Gasteiger charge is -2.31. The van der Waals surface area contributed by atoms with Crippen LogP contribution in [-0.4, -0.2) is 33.8 Å². The Hall–Kier alpha value is -4.73. The van der Waals surface area contributed by atoms with E-state index in [0.717, 1.165) is 11.0 Å². The highest BCUT2D eigenvalue weighted by Crippen LogP contribution is 2.48. The van der Waals surface area contributed by atoms with E-state index in [-0.39, 0.29) is 28.2 Å². The van der Waals surface area contributed by atoms with Crippen molar-refractivity contribution >= 4 is 11.9 Å². The van der Waals surface area contributed by atoms with E-state index in [1.165, 1.54) is 49.8 Å². The topological polar surface area (TPSA) is 105 Å². The number of hydrogen-bond donors (Lipinski definition) is 2. The summed E-state index contributed by atoms with van der Waals surface area (Å²) >= 11 is 0. The number of aromatic nitrogens is 2. The van der Waals surface area contributed by atoms with Crippen LogP contribution in [0.3, 0.4) is 0 Å². The van der Waals surface area contributed by atoms with Gasteiger partial charge in [0.05, 0.1) is 5.92 Å². The third-order valence-electron chi connectivity index (χ3n) is 5.99. The summed E-state index contributed by atoms with van der Waals surface area (Å²) in [5.41, 5.74) is 7.28. The Labute approximate surface area is 203 Å². The summed E-state index contributed by atoms with van der Waals surface area (Å²) in [4.78, 5) is 21.7. The SMILES string of the molecule is CN(C(=N)N)C(=O)C1c2cc(-c3cccnc3F)ccc2Oc2c(F)cc(-c3ccnc(F)c3)cc21. The van der Waals surface area contributed by atoms with Crippen LogP contribution in [0.15, 0.2) is 67.0 Å². The van der Waals surface area contributed by atoms with Crippen LogP contribution in [0.2, 0.25) is 0 Å². The highest BCUT2D eigenvalue weighted by atomic mass is 19.1. The minimum Gasteiger partial charge on any atom is -0.454 e. The van der Waals surface area contributed by atoms with Gasteiger partial charge in [0.1, 0.15) is 5.75 Å². The zero-order chi connectivity index (χ0) is 25.6. The van der Waals surface area contributed by atoms with E-state index in [1.807, 2.05) is 0 Å². The number of carbonyl (C=O) groups is 1. The second-order valence-corrected chi connectivity index (χ2v) is 8.16. The lowest BCUT2D eigenvalue weighted by atomic mass is 9.84. The van der Waals surface area contributed by atoms with E-state index in [2.05, 4.69) is 9.97 Å². The molecule has 3 N–H and O–H groups in total. The number of amides is 1. The molecule has 0 saturated heterocycles. The number of fused-ring (bicyclic) bond motifs is 2. The van der Waals surface area contributed by atoms with Crippen molar-refractivity contribution in [2.24, 2.45) is 5.73 Å². The Morgan fingerprint density at radius 3 is 2.47 bits per heavy atom. The molecule has 1 unspecified atom stereocenters. The second-order valence-electron chi connectivity index (χ2n) is 8.16. The Morgan fingerprint density at radius 2 is 1.75 bits per heavy atom. The monoisotopic (exact) mass is 489 g/mol. The van der Waals surface area contributed by atoms with Gasteiger partial charge in [0.15, 0.2) is 17.5 Å². The van der Waals surface area contributed by atoms with Crippen LogP contribution in [0.5, 0.6) is 11.5 Å². The number of nitrogens with one attached hydrogen (secondary N) is 1. The minimum atomic E-state index is -1.15. The quantitative estimate of drug-likeness (QED) is 0.244. The van der Waals surface area contributed by atoms with Crippen molar-refractivity contribution < 1.29 is 22.7 Å². The van der Waals surface area contributed by atoms with Crippen molar-refractivity contribution in [3.63, 3.8) is 0 Å². The zero-order valence-electron chi connectivity index (χ0n) is 18.8. The molecule has 1 atom stereocenters. The molecule has 2 aromatic heterocycles. The summed E-state index contributed by atoms with van der Waals surface area (Å²) < 4.78 is 49.3. The van der Waals surface area contributed by atoms with Crippen LogP contribution >= 0.6 is 0 Å².